The molecular formula is C22H26O3. The van der Waals surface area contributed by atoms with Crippen LogP contribution in [0.5, 0.6) is 11.5 Å². The average molecular weight is 338 g/mol. The molecule has 0 saturated heterocycles. The first kappa shape index (κ1) is 18.7. The van der Waals surface area contributed by atoms with Crippen LogP contribution in [0.4, 0.5) is 0 Å². The smallest absolute Gasteiger partial charge is 0.139 e. The summed E-state index contributed by atoms with van der Waals surface area (Å²) < 4.78 is 17.5. The summed E-state index contributed by atoms with van der Waals surface area (Å²) in [7, 11) is 0. The molecule has 2 aromatic carbocycles. The van der Waals surface area contributed by atoms with Gasteiger partial charge in [0.15, 0.2) is 0 Å². The van der Waals surface area contributed by atoms with Gasteiger partial charge in [0.05, 0.1) is 0 Å². The summed E-state index contributed by atoms with van der Waals surface area (Å²) in [6, 6.07) is 19.4. The van der Waals surface area contributed by atoms with E-state index >= 15 is 0 Å². The Balaban J connectivity index is 2.04. The molecule has 0 saturated carbocycles. The Labute approximate surface area is 150 Å². The zero-order valence-electron chi connectivity index (χ0n) is 15.0. The van der Waals surface area contributed by atoms with Crippen molar-refractivity contribution in [2.45, 2.75) is 39.5 Å². The van der Waals surface area contributed by atoms with E-state index in [1.807, 2.05) is 60.7 Å². The number of benzene rings is 2. The van der Waals surface area contributed by atoms with Gasteiger partial charge in [-0.25, -0.2) is 0 Å². The van der Waals surface area contributed by atoms with Crippen LogP contribution in [0.25, 0.3) is 0 Å². The van der Waals surface area contributed by atoms with Crippen LogP contribution in [0.15, 0.2) is 84.7 Å². The Bertz CT molecular complexity index is 601. The van der Waals surface area contributed by atoms with Crippen LogP contribution in [0, 0.1) is 0 Å². The van der Waals surface area contributed by atoms with Crippen molar-refractivity contribution in [3.8, 4) is 11.5 Å². The van der Waals surface area contributed by atoms with E-state index in [9.17, 15) is 0 Å². The van der Waals surface area contributed by atoms with E-state index in [-0.39, 0.29) is 0 Å². The van der Waals surface area contributed by atoms with Gasteiger partial charge >= 0.3 is 0 Å². The third kappa shape index (κ3) is 7.17. The first-order chi connectivity index (χ1) is 12.3. The van der Waals surface area contributed by atoms with Crippen molar-refractivity contribution >= 4 is 0 Å². The van der Waals surface area contributed by atoms with Crippen LogP contribution >= 0.6 is 0 Å². The standard InChI is InChI=1S/C22H26O3/c1-3-11-21(17-23-19-13-7-5-8-14-19)25-22(12-4-2)18-24-20-15-9-6-10-16-20/h5-10,13-18H,3-4,11-12H2,1-2H3. The van der Waals surface area contributed by atoms with Gasteiger partial charge in [0, 0.05) is 12.8 Å². The van der Waals surface area contributed by atoms with Crippen LogP contribution < -0.4 is 9.47 Å². The fourth-order valence-corrected chi connectivity index (χ4v) is 2.19. The first-order valence-corrected chi connectivity index (χ1v) is 8.81. The van der Waals surface area contributed by atoms with Gasteiger partial charge in [-0.1, -0.05) is 50.2 Å². The van der Waals surface area contributed by atoms with Crippen LogP contribution in [-0.4, -0.2) is 0 Å². The molecule has 0 aliphatic rings. The highest BCUT2D eigenvalue weighted by atomic mass is 16.5. The molecule has 0 heterocycles. The van der Waals surface area contributed by atoms with Gasteiger partial charge in [-0.15, -0.1) is 0 Å². The van der Waals surface area contributed by atoms with Crippen LogP contribution in [-0.2, 0) is 4.74 Å². The maximum atomic E-state index is 6.05. The molecule has 0 atom stereocenters. The van der Waals surface area contributed by atoms with E-state index < -0.39 is 0 Å². The van der Waals surface area contributed by atoms with Crippen LogP contribution in [0.1, 0.15) is 39.5 Å². The van der Waals surface area contributed by atoms with Crippen molar-refractivity contribution in [2.75, 3.05) is 0 Å². The fourth-order valence-electron chi connectivity index (χ4n) is 2.19. The van der Waals surface area contributed by atoms with E-state index in [4.69, 9.17) is 14.2 Å². The molecule has 25 heavy (non-hydrogen) atoms. The number of para-hydroxylation sites is 2. The topological polar surface area (TPSA) is 27.7 Å². The Morgan fingerprint density at radius 3 is 1.44 bits per heavy atom. The molecule has 0 aliphatic carbocycles. The number of hydrogen-bond acceptors (Lipinski definition) is 3. The van der Waals surface area contributed by atoms with E-state index in [1.165, 1.54) is 0 Å². The van der Waals surface area contributed by atoms with Crippen LogP contribution in [0.3, 0.4) is 0 Å². The van der Waals surface area contributed by atoms with Crippen molar-refractivity contribution in [3.05, 3.63) is 84.7 Å². The van der Waals surface area contributed by atoms with Gasteiger partial charge in [-0.2, -0.15) is 0 Å². The van der Waals surface area contributed by atoms with Gasteiger partial charge in [-0.3, -0.25) is 0 Å². The predicted molar refractivity (Wildman–Crippen MR) is 101 cm³/mol. The zero-order chi connectivity index (χ0) is 17.7. The Morgan fingerprint density at radius 2 is 1.08 bits per heavy atom. The highest BCUT2D eigenvalue weighted by Crippen LogP contribution is 2.19. The van der Waals surface area contributed by atoms with Gasteiger partial charge < -0.3 is 14.2 Å². The van der Waals surface area contributed by atoms with Gasteiger partial charge in [-0.05, 0) is 37.1 Å². The maximum absolute atomic E-state index is 6.05. The molecular weight excluding hydrogens is 312 g/mol. The van der Waals surface area contributed by atoms with Gasteiger partial charge in [0.25, 0.3) is 0 Å². The largest absolute Gasteiger partial charge is 0.461 e. The summed E-state index contributed by atoms with van der Waals surface area (Å²) in [5.74, 6) is 3.17. The van der Waals surface area contributed by atoms with E-state index in [0.717, 1.165) is 48.7 Å². The van der Waals surface area contributed by atoms with E-state index in [1.54, 1.807) is 12.5 Å². The molecule has 2 aromatic rings. The predicted octanol–water partition coefficient (Wildman–Crippen LogP) is 6.44. The number of hydrogen-bond donors (Lipinski definition) is 0. The minimum absolute atomic E-state index is 0.793. The molecule has 0 aliphatic heterocycles. The maximum Gasteiger partial charge on any atom is 0.139 e. The highest BCUT2D eigenvalue weighted by molar-refractivity contribution is 5.23. The number of rotatable bonds is 10. The second-order valence-corrected chi connectivity index (χ2v) is 5.63. The minimum atomic E-state index is 0.793. The van der Waals surface area contributed by atoms with Crippen molar-refractivity contribution < 1.29 is 14.2 Å². The summed E-state index contributed by atoms with van der Waals surface area (Å²) in [6.45, 7) is 4.23. The Kier molecular flexibility index (Phi) is 8.19. The molecule has 2 rings (SSSR count). The van der Waals surface area contributed by atoms with Crippen molar-refractivity contribution in [1.29, 1.82) is 0 Å². The summed E-state index contributed by atoms with van der Waals surface area (Å²) in [5, 5.41) is 0. The second kappa shape index (κ2) is 11.0. The Morgan fingerprint density at radius 1 is 0.680 bits per heavy atom. The molecule has 0 bridgehead atoms. The highest BCUT2D eigenvalue weighted by Gasteiger charge is 2.05. The molecule has 0 spiro atoms. The van der Waals surface area contributed by atoms with Crippen LogP contribution in [0.2, 0.25) is 0 Å². The summed E-state index contributed by atoms with van der Waals surface area (Å²) in [4.78, 5) is 0. The number of allylic oxidation sites excluding steroid dienone is 2. The molecule has 0 radical (unpaired) electrons. The molecule has 132 valence electrons. The lowest BCUT2D eigenvalue weighted by Gasteiger charge is -2.13. The summed E-state index contributed by atoms with van der Waals surface area (Å²) in [5.41, 5.74) is 0. The van der Waals surface area contributed by atoms with Crippen molar-refractivity contribution in [2.24, 2.45) is 0 Å². The lowest BCUT2D eigenvalue weighted by Crippen LogP contribution is -1.98. The monoisotopic (exact) mass is 338 g/mol. The molecule has 0 fully saturated rings. The second-order valence-electron chi connectivity index (χ2n) is 5.63. The van der Waals surface area contributed by atoms with Crippen molar-refractivity contribution in [1.82, 2.24) is 0 Å². The lowest BCUT2D eigenvalue weighted by atomic mass is 10.3. The molecule has 0 aromatic heterocycles. The fraction of sp³-hybridized carbons (Fsp3) is 0.273. The minimum Gasteiger partial charge on any atom is -0.461 e. The molecule has 0 amide bonds. The summed E-state index contributed by atoms with van der Waals surface area (Å²) in [6.07, 6.45) is 6.93. The zero-order valence-corrected chi connectivity index (χ0v) is 15.0. The summed E-state index contributed by atoms with van der Waals surface area (Å²) >= 11 is 0. The third-order valence-corrected chi connectivity index (χ3v) is 3.39. The van der Waals surface area contributed by atoms with E-state index in [2.05, 4.69) is 13.8 Å². The average Bonchev–Trinajstić information content (AvgIpc) is 2.66. The Hall–Kier alpha value is -2.68. The normalized spacial score (nSPS) is 11.9. The molecule has 0 unspecified atom stereocenters. The molecule has 0 N–H and O–H groups in total. The van der Waals surface area contributed by atoms with Crippen molar-refractivity contribution in [3.63, 3.8) is 0 Å². The number of ether oxygens (including phenoxy) is 3. The third-order valence-electron chi connectivity index (χ3n) is 3.39. The van der Waals surface area contributed by atoms with Gasteiger partial charge in [0.1, 0.15) is 35.5 Å². The molecule has 3 nitrogen and oxygen atoms in total. The van der Waals surface area contributed by atoms with E-state index in [0.29, 0.717) is 0 Å². The van der Waals surface area contributed by atoms with Gasteiger partial charge in [0.2, 0.25) is 0 Å². The quantitative estimate of drug-likeness (QED) is 0.466. The SMILES string of the molecule is CCCC(=COc1ccccc1)OC(=COc1ccccc1)CCC. The lowest BCUT2D eigenvalue weighted by molar-refractivity contribution is 0.245. The first-order valence-electron chi connectivity index (χ1n) is 8.81. The molecule has 3 heteroatoms.